The molecule has 1 aliphatic rings. The summed E-state index contributed by atoms with van der Waals surface area (Å²) < 4.78 is 7.31. The van der Waals surface area contributed by atoms with E-state index < -0.39 is 0 Å². The van der Waals surface area contributed by atoms with Crippen molar-refractivity contribution >= 4 is 0 Å². The highest BCUT2D eigenvalue weighted by Crippen LogP contribution is 2.37. The minimum Gasteiger partial charge on any atom is -0.332 e. The molecule has 6 heteroatoms. The van der Waals surface area contributed by atoms with Crippen LogP contribution < -0.4 is 5.73 Å². The molecule has 0 bridgehead atoms. The fraction of sp³-hybridized carbons (Fsp3) is 0.643. The number of rotatable bonds is 4. The number of nitrogens with zero attached hydrogens (tertiary/aromatic N) is 4. The predicted molar refractivity (Wildman–Crippen MR) is 75.0 cm³/mol. The van der Waals surface area contributed by atoms with Gasteiger partial charge >= 0.3 is 0 Å². The van der Waals surface area contributed by atoms with Crippen molar-refractivity contribution < 1.29 is 4.52 Å². The average Bonchev–Trinajstić information content (AvgIpc) is 3.01. The van der Waals surface area contributed by atoms with Gasteiger partial charge in [-0.15, -0.1) is 0 Å². The molecule has 0 amide bonds. The van der Waals surface area contributed by atoms with Crippen molar-refractivity contribution in [2.24, 2.45) is 5.73 Å². The molecule has 2 aromatic rings. The van der Waals surface area contributed by atoms with E-state index in [1.807, 2.05) is 17.7 Å². The molecule has 0 aromatic carbocycles. The minimum absolute atomic E-state index is 0.372. The zero-order valence-corrected chi connectivity index (χ0v) is 12.3. The van der Waals surface area contributed by atoms with Crippen molar-refractivity contribution in [2.45, 2.75) is 58.0 Å². The Hall–Kier alpha value is -1.69. The molecule has 0 unspecified atom stereocenters. The Labute approximate surface area is 118 Å². The van der Waals surface area contributed by atoms with Gasteiger partial charge in [-0.2, -0.15) is 10.1 Å². The first kappa shape index (κ1) is 13.3. The van der Waals surface area contributed by atoms with Crippen LogP contribution in [0, 0.1) is 0 Å². The van der Waals surface area contributed by atoms with E-state index in [1.165, 1.54) is 0 Å². The lowest BCUT2D eigenvalue weighted by atomic mass is 9.77. The van der Waals surface area contributed by atoms with Crippen LogP contribution in [0.5, 0.6) is 0 Å². The molecule has 2 aromatic heterocycles. The van der Waals surface area contributed by atoms with Gasteiger partial charge in [-0.05, 0) is 38.2 Å². The van der Waals surface area contributed by atoms with E-state index in [-0.39, 0.29) is 5.54 Å². The normalized spacial score (nSPS) is 17.4. The number of hydrogen-bond donors (Lipinski definition) is 1. The fourth-order valence-electron chi connectivity index (χ4n) is 2.44. The summed E-state index contributed by atoms with van der Waals surface area (Å²) in [7, 11) is 0. The first-order valence-corrected chi connectivity index (χ1v) is 7.24. The van der Waals surface area contributed by atoms with Crippen LogP contribution in [0.4, 0.5) is 0 Å². The van der Waals surface area contributed by atoms with Crippen LogP contribution in [0.2, 0.25) is 0 Å². The van der Waals surface area contributed by atoms with E-state index in [1.54, 1.807) is 0 Å². The third-order valence-electron chi connectivity index (χ3n) is 4.03. The van der Waals surface area contributed by atoms with E-state index in [0.717, 1.165) is 37.2 Å². The lowest BCUT2D eigenvalue weighted by Crippen LogP contribution is -2.44. The number of hydrogen-bond acceptors (Lipinski definition) is 5. The van der Waals surface area contributed by atoms with Gasteiger partial charge < -0.3 is 10.3 Å². The predicted octanol–water partition coefficient (Wildman–Crippen LogP) is 2.41. The van der Waals surface area contributed by atoms with E-state index in [0.29, 0.717) is 17.6 Å². The molecule has 0 aliphatic heterocycles. The monoisotopic (exact) mass is 275 g/mol. The van der Waals surface area contributed by atoms with Crippen LogP contribution in [0.3, 0.4) is 0 Å². The smallest absolute Gasteiger partial charge is 0.276 e. The molecular formula is C14H21N5O. The van der Waals surface area contributed by atoms with Gasteiger partial charge in [0.1, 0.15) is 5.69 Å². The SMILES string of the molecule is CCn1nc(C(C)C)cc1-c1nc(C2(N)CCC2)no1. The third-order valence-corrected chi connectivity index (χ3v) is 4.03. The summed E-state index contributed by atoms with van der Waals surface area (Å²) in [5.74, 6) is 1.50. The quantitative estimate of drug-likeness (QED) is 0.926. The van der Waals surface area contributed by atoms with Gasteiger partial charge in [0.05, 0.1) is 11.2 Å². The molecular weight excluding hydrogens is 254 g/mol. The van der Waals surface area contributed by atoms with Crippen molar-refractivity contribution in [1.82, 2.24) is 19.9 Å². The Morgan fingerprint density at radius 3 is 2.75 bits per heavy atom. The molecule has 1 aliphatic carbocycles. The molecule has 1 fully saturated rings. The highest BCUT2D eigenvalue weighted by Gasteiger charge is 2.39. The van der Waals surface area contributed by atoms with Crippen LogP contribution in [-0.2, 0) is 12.1 Å². The summed E-state index contributed by atoms with van der Waals surface area (Å²) in [6.07, 6.45) is 2.98. The summed E-state index contributed by atoms with van der Waals surface area (Å²) in [5.41, 5.74) is 7.75. The second-order valence-electron chi connectivity index (χ2n) is 5.86. The van der Waals surface area contributed by atoms with Crippen molar-refractivity contribution in [3.8, 4) is 11.6 Å². The standard InChI is InChI=1S/C14H21N5O/c1-4-19-11(8-10(17-19)9(2)3)12-16-13(18-20-12)14(15)6-5-7-14/h8-9H,4-7,15H2,1-3H3. The number of aromatic nitrogens is 4. The molecule has 2 N–H and O–H groups in total. The largest absolute Gasteiger partial charge is 0.332 e. The molecule has 0 radical (unpaired) electrons. The number of nitrogens with two attached hydrogens (primary N) is 1. The summed E-state index contributed by atoms with van der Waals surface area (Å²) in [4.78, 5) is 4.49. The second-order valence-corrected chi connectivity index (χ2v) is 5.86. The van der Waals surface area contributed by atoms with Crippen molar-refractivity contribution in [3.63, 3.8) is 0 Å². The van der Waals surface area contributed by atoms with Gasteiger partial charge in [-0.3, -0.25) is 4.68 Å². The van der Waals surface area contributed by atoms with Crippen molar-refractivity contribution in [1.29, 1.82) is 0 Å². The van der Waals surface area contributed by atoms with Crippen molar-refractivity contribution in [3.05, 3.63) is 17.6 Å². The van der Waals surface area contributed by atoms with Crippen LogP contribution >= 0.6 is 0 Å². The Bertz CT molecular complexity index is 609. The van der Waals surface area contributed by atoms with Gasteiger partial charge in [-0.25, -0.2) is 0 Å². The fourth-order valence-corrected chi connectivity index (χ4v) is 2.44. The Balaban J connectivity index is 1.96. The first-order valence-electron chi connectivity index (χ1n) is 7.24. The molecule has 1 saturated carbocycles. The molecule has 3 rings (SSSR count). The van der Waals surface area contributed by atoms with Gasteiger partial charge in [0.15, 0.2) is 5.82 Å². The summed E-state index contributed by atoms with van der Waals surface area (Å²) in [6, 6.07) is 2.02. The van der Waals surface area contributed by atoms with Crippen LogP contribution in [0.1, 0.15) is 57.5 Å². The molecule has 0 spiro atoms. The highest BCUT2D eigenvalue weighted by atomic mass is 16.5. The van der Waals surface area contributed by atoms with Crippen LogP contribution in [0.15, 0.2) is 10.6 Å². The third kappa shape index (κ3) is 2.04. The topological polar surface area (TPSA) is 82.8 Å². The Morgan fingerprint density at radius 1 is 1.45 bits per heavy atom. The summed E-state index contributed by atoms with van der Waals surface area (Å²) >= 11 is 0. The highest BCUT2D eigenvalue weighted by molar-refractivity contribution is 5.48. The van der Waals surface area contributed by atoms with E-state index >= 15 is 0 Å². The Morgan fingerprint density at radius 2 is 2.20 bits per heavy atom. The zero-order valence-electron chi connectivity index (χ0n) is 12.3. The van der Waals surface area contributed by atoms with Gasteiger partial charge in [0.25, 0.3) is 5.89 Å². The van der Waals surface area contributed by atoms with Gasteiger partial charge in [0.2, 0.25) is 0 Å². The average molecular weight is 275 g/mol. The Kier molecular flexibility index (Phi) is 3.12. The maximum absolute atomic E-state index is 6.23. The molecule has 0 saturated heterocycles. The molecule has 20 heavy (non-hydrogen) atoms. The minimum atomic E-state index is -0.389. The van der Waals surface area contributed by atoms with E-state index in [2.05, 4.69) is 29.1 Å². The summed E-state index contributed by atoms with van der Waals surface area (Å²) in [6.45, 7) is 7.06. The maximum Gasteiger partial charge on any atom is 0.276 e. The van der Waals surface area contributed by atoms with Gasteiger partial charge in [0, 0.05) is 6.54 Å². The second kappa shape index (κ2) is 4.70. The van der Waals surface area contributed by atoms with E-state index in [9.17, 15) is 0 Å². The summed E-state index contributed by atoms with van der Waals surface area (Å²) in [5, 5.41) is 8.63. The lowest BCUT2D eigenvalue weighted by molar-refractivity contribution is 0.229. The van der Waals surface area contributed by atoms with Crippen LogP contribution in [0.25, 0.3) is 11.6 Å². The maximum atomic E-state index is 6.23. The molecule has 2 heterocycles. The molecule has 0 atom stereocenters. The lowest BCUT2D eigenvalue weighted by Gasteiger charge is -2.34. The van der Waals surface area contributed by atoms with Gasteiger partial charge in [-0.1, -0.05) is 19.0 Å². The number of aryl methyl sites for hydroxylation is 1. The first-order chi connectivity index (χ1) is 9.53. The van der Waals surface area contributed by atoms with E-state index in [4.69, 9.17) is 10.3 Å². The molecule has 108 valence electrons. The van der Waals surface area contributed by atoms with Crippen LogP contribution in [-0.4, -0.2) is 19.9 Å². The van der Waals surface area contributed by atoms with Crippen molar-refractivity contribution in [2.75, 3.05) is 0 Å². The molecule has 6 nitrogen and oxygen atoms in total. The zero-order chi connectivity index (χ0) is 14.3.